The van der Waals surface area contributed by atoms with E-state index in [1.165, 1.54) is 32.1 Å². The third-order valence-electron chi connectivity index (χ3n) is 4.05. The highest BCUT2D eigenvalue weighted by atomic mass is 32.2. The summed E-state index contributed by atoms with van der Waals surface area (Å²) in [5.41, 5.74) is 0. The van der Waals surface area contributed by atoms with Crippen LogP contribution in [0, 0.1) is 0 Å². The molecule has 1 aliphatic rings. The van der Waals surface area contributed by atoms with E-state index in [4.69, 9.17) is 9.47 Å². The molecular formula is C18H27NO3S. The molecule has 128 valence electrons. The van der Waals surface area contributed by atoms with Gasteiger partial charge < -0.3 is 14.8 Å². The molecule has 4 nitrogen and oxygen atoms in total. The first-order valence-electron chi connectivity index (χ1n) is 8.39. The van der Waals surface area contributed by atoms with Gasteiger partial charge in [0.25, 0.3) is 5.91 Å². The van der Waals surface area contributed by atoms with E-state index >= 15 is 0 Å². The zero-order valence-electron chi connectivity index (χ0n) is 14.0. The van der Waals surface area contributed by atoms with Crippen LogP contribution in [-0.4, -0.2) is 36.7 Å². The molecule has 0 aromatic heterocycles. The molecule has 0 radical (unpaired) electrons. The number of hydrogen-bond donors (Lipinski definition) is 1. The van der Waals surface area contributed by atoms with Crippen molar-refractivity contribution in [2.24, 2.45) is 0 Å². The van der Waals surface area contributed by atoms with Crippen molar-refractivity contribution in [2.75, 3.05) is 19.4 Å². The molecular weight excluding hydrogens is 310 g/mol. The van der Waals surface area contributed by atoms with Crippen LogP contribution in [0.3, 0.4) is 0 Å². The van der Waals surface area contributed by atoms with Crippen molar-refractivity contribution < 1.29 is 14.3 Å². The van der Waals surface area contributed by atoms with Gasteiger partial charge in [0, 0.05) is 17.5 Å². The first kappa shape index (κ1) is 18.0. The van der Waals surface area contributed by atoms with Crippen LogP contribution in [-0.2, 0) is 4.79 Å². The number of carbonyl (C=O) groups excluding carboxylic acids is 1. The van der Waals surface area contributed by atoms with Crippen molar-refractivity contribution in [2.45, 2.75) is 50.4 Å². The zero-order valence-corrected chi connectivity index (χ0v) is 14.9. The highest BCUT2D eigenvalue weighted by Gasteiger charge is 2.17. The number of hydrogen-bond acceptors (Lipinski definition) is 4. The molecule has 1 aromatic rings. The van der Waals surface area contributed by atoms with Gasteiger partial charge in [-0.2, -0.15) is 11.8 Å². The van der Waals surface area contributed by atoms with E-state index in [-0.39, 0.29) is 5.91 Å². The zero-order chi connectivity index (χ0) is 16.5. The second-order valence-corrected chi connectivity index (χ2v) is 7.24. The van der Waals surface area contributed by atoms with Gasteiger partial charge in [0.15, 0.2) is 17.6 Å². The summed E-state index contributed by atoms with van der Waals surface area (Å²) in [5, 5.41) is 3.73. The van der Waals surface area contributed by atoms with E-state index in [1.807, 2.05) is 36.0 Å². The van der Waals surface area contributed by atoms with E-state index in [0.717, 1.165) is 11.0 Å². The summed E-state index contributed by atoms with van der Waals surface area (Å²) in [4.78, 5) is 12.1. The molecule has 0 aliphatic heterocycles. The Kier molecular flexibility index (Phi) is 7.59. The summed E-state index contributed by atoms with van der Waals surface area (Å²) < 4.78 is 10.9. The van der Waals surface area contributed by atoms with Gasteiger partial charge >= 0.3 is 0 Å². The molecule has 1 atom stereocenters. The lowest BCUT2D eigenvalue weighted by molar-refractivity contribution is -0.127. The van der Waals surface area contributed by atoms with Gasteiger partial charge in [-0.25, -0.2) is 0 Å². The number of para-hydroxylation sites is 2. The third-order valence-corrected chi connectivity index (χ3v) is 5.43. The molecule has 1 aliphatic carbocycles. The smallest absolute Gasteiger partial charge is 0.260 e. The van der Waals surface area contributed by atoms with Crippen LogP contribution in [0.15, 0.2) is 24.3 Å². The standard InChI is InChI=1S/C18H27NO3S/c1-14(22-17-11-7-6-10-16(17)21-2)18(20)19-12-13-23-15-8-4-3-5-9-15/h6-7,10-11,14-15H,3-5,8-9,12-13H2,1-2H3,(H,19,20)/t14-/m0/s1. The van der Waals surface area contributed by atoms with Crippen LogP contribution in [0.4, 0.5) is 0 Å². The van der Waals surface area contributed by atoms with Crippen molar-refractivity contribution in [1.29, 1.82) is 0 Å². The lowest BCUT2D eigenvalue weighted by Gasteiger charge is -2.21. The molecule has 1 amide bonds. The molecule has 1 aromatic carbocycles. The lowest BCUT2D eigenvalue weighted by Crippen LogP contribution is -2.37. The molecule has 23 heavy (non-hydrogen) atoms. The molecule has 2 rings (SSSR count). The predicted octanol–water partition coefficient (Wildman–Crippen LogP) is 3.64. The van der Waals surface area contributed by atoms with E-state index < -0.39 is 6.10 Å². The van der Waals surface area contributed by atoms with Gasteiger partial charge in [-0.15, -0.1) is 0 Å². The highest BCUT2D eigenvalue weighted by Crippen LogP contribution is 2.28. The molecule has 0 bridgehead atoms. The third kappa shape index (κ3) is 5.98. The van der Waals surface area contributed by atoms with Crippen molar-refractivity contribution in [3.8, 4) is 11.5 Å². The SMILES string of the molecule is COc1ccccc1O[C@@H](C)C(=O)NCCSC1CCCCC1. The molecule has 1 N–H and O–H groups in total. The minimum absolute atomic E-state index is 0.0832. The molecule has 1 saturated carbocycles. The monoisotopic (exact) mass is 337 g/mol. The van der Waals surface area contributed by atoms with Crippen molar-refractivity contribution in [1.82, 2.24) is 5.32 Å². The minimum atomic E-state index is -0.536. The van der Waals surface area contributed by atoms with E-state index in [9.17, 15) is 4.79 Å². The number of carbonyl (C=O) groups is 1. The Labute approximate surface area is 143 Å². The number of benzene rings is 1. The summed E-state index contributed by atoms with van der Waals surface area (Å²) in [6.45, 7) is 2.45. The molecule has 0 saturated heterocycles. The normalized spacial score (nSPS) is 16.6. The Hall–Kier alpha value is -1.36. The maximum Gasteiger partial charge on any atom is 0.260 e. The number of thioether (sulfide) groups is 1. The quantitative estimate of drug-likeness (QED) is 0.736. The van der Waals surface area contributed by atoms with Crippen LogP contribution in [0.1, 0.15) is 39.0 Å². The average Bonchev–Trinajstić information content (AvgIpc) is 2.60. The first-order valence-corrected chi connectivity index (χ1v) is 9.44. The second kappa shape index (κ2) is 9.71. The predicted molar refractivity (Wildman–Crippen MR) is 95.4 cm³/mol. The number of amides is 1. The van der Waals surface area contributed by atoms with Gasteiger partial charge in [0.05, 0.1) is 7.11 Å². The second-order valence-electron chi connectivity index (χ2n) is 5.83. The fourth-order valence-corrected chi connectivity index (χ4v) is 3.96. The Balaban J connectivity index is 1.68. The fraction of sp³-hybridized carbons (Fsp3) is 0.611. The maximum atomic E-state index is 12.1. The van der Waals surface area contributed by atoms with Crippen LogP contribution < -0.4 is 14.8 Å². The number of nitrogens with one attached hydrogen (secondary N) is 1. The van der Waals surface area contributed by atoms with Gasteiger partial charge in [-0.1, -0.05) is 31.4 Å². The Morgan fingerprint density at radius 2 is 1.96 bits per heavy atom. The minimum Gasteiger partial charge on any atom is -0.493 e. The van der Waals surface area contributed by atoms with Gasteiger partial charge in [-0.05, 0) is 31.9 Å². The van der Waals surface area contributed by atoms with Crippen molar-refractivity contribution >= 4 is 17.7 Å². The van der Waals surface area contributed by atoms with Crippen LogP contribution in [0.2, 0.25) is 0 Å². The van der Waals surface area contributed by atoms with E-state index in [2.05, 4.69) is 5.32 Å². The van der Waals surface area contributed by atoms with Crippen LogP contribution in [0.25, 0.3) is 0 Å². The molecule has 0 heterocycles. The summed E-state index contributed by atoms with van der Waals surface area (Å²) in [6, 6.07) is 7.37. The first-order chi connectivity index (χ1) is 11.2. The number of ether oxygens (including phenoxy) is 2. The number of methoxy groups -OCH3 is 1. The maximum absolute atomic E-state index is 12.1. The lowest BCUT2D eigenvalue weighted by atomic mass is 10.0. The van der Waals surface area contributed by atoms with Crippen molar-refractivity contribution in [3.63, 3.8) is 0 Å². The van der Waals surface area contributed by atoms with Gasteiger partial charge in [0.2, 0.25) is 0 Å². The van der Waals surface area contributed by atoms with E-state index in [1.54, 1.807) is 14.0 Å². The Bertz CT molecular complexity index is 489. The molecule has 0 unspecified atom stereocenters. The summed E-state index contributed by atoms with van der Waals surface area (Å²) in [5.74, 6) is 2.12. The fourth-order valence-electron chi connectivity index (χ4n) is 2.74. The molecule has 1 fully saturated rings. The Morgan fingerprint density at radius 1 is 1.26 bits per heavy atom. The number of rotatable bonds is 8. The largest absolute Gasteiger partial charge is 0.493 e. The molecule has 0 spiro atoms. The summed E-state index contributed by atoms with van der Waals surface area (Å²) in [7, 11) is 1.59. The summed E-state index contributed by atoms with van der Waals surface area (Å²) >= 11 is 1.99. The Morgan fingerprint density at radius 3 is 2.65 bits per heavy atom. The average molecular weight is 337 g/mol. The van der Waals surface area contributed by atoms with Crippen LogP contribution >= 0.6 is 11.8 Å². The van der Waals surface area contributed by atoms with Crippen LogP contribution in [0.5, 0.6) is 11.5 Å². The molecule has 5 heteroatoms. The summed E-state index contributed by atoms with van der Waals surface area (Å²) in [6.07, 6.45) is 6.21. The van der Waals surface area contributed by atoms with Gasteiger partial charge in [-0.3, -0.25) is 4.79 Å². The highest BCUT2D eigenvalue weighted by molar-refractivity contribution is 7.99. The topological polar surface area (TPSA) is 47.6 Å². The van der Waals surface area contributed by atoms with Gasteiger partial charge in [0.1, 0.15) is 0 Å². The van der Waals surface area contributed by atoms with E-state index in [0.29, 0.717) is 18.0 Å². The van der Waals surface area contributed by atoms with Crippen molar-refractivity contribution in [3.05, 3.63) is 24.3 Å².